The fourth-order valence-electron chi connectivity index (χ4n) is 10.3. The van der Waals surface area contributed by atoms with E-state index in [2.05, 4.69) is 55.4 Å². The summed E-state index contributed by atoms with van der Waals surface area (Å²) in [6, 6.07) is 0. The number of carbonyl (C=O) groups is 4. The Morgan fingerprint density at radius 3 is 0.807 bits per heavy atom. The van der Waals surface area contributed by atoms with Gasteiger partial charge in [0.15, 0.2) is 12.2 Å². The number of carbonyl (C=O) groups excluding carboxylic acids is 4. The number of phosphoric acid groups is 2. The summed E-state index contributed by atoms with van der Waals surface area (Å²) in [5.41, 5.74) is 0. The molecule has 0 saturated heterocycles. The van der Waals surface area contributed by atoms with Crippen molar-refractivity contribution in [1.29, 1.82) is 0 Å². The van der Waals surface area contributed by atoms with Crippen molar-refractivity contribution in [3.63, 3.8) is 0 Å². The number of esters is 4. The number of ether oxygens (including phenoxy) is 4. The highest BCUT2D eigenvalue weighted by Crippen LogP contribution is 2.45. The minimum Gasteiger partial charge on any atom is -0.462 e. The van der Waals surface area contributed by atoms with Gasteiger partial charge in [0.2, 0.25) is 0 Å². The third kappa shape index (κ3) is 61.6. The van der Waals surface area contributed by atoms with Crippen LogP contribution >= 0.6 is 15.6 Å². The molecule has 0 rings (SSSR count). The van der Waals surface area contributed by atoms with Crippen LogP contribution in [0.3, 0.4) is 0 Å². The highest BCUT2D eigenvalue weighted by molar-refractivity contribution is 7.47. The molecule has 0 saturated carbocycles. The lowest BCUT2D eigenvalue weighted by molar-refractivity contribution is -0.161. The van der Waals surface area contributed by atoms with Gasteiger partial charge in [0.1, 0.15) is 19.3 Å². The van der Waals surface area contributed by atoms with Crippen molar-refractivity contribution >= 4 is 39.5 Å². The van der Waals surface area contributed by atoms with Crippen LogP contribution in [-0.2, 0) is 65.4 Å². The van der Waals surface area contributed by atoms with Gasteiger partial charge in [-0.2, -0.15) is 0 Å². The van der Waals surface area contributed by atoms with E-state index in [1.807, 2.05) is 0 Å². The molecule has 0 aliphatic heterocycles. The van der Waals surface area contributed by atoms with E-state index in [1.165, 1.54) is 135 Å². The van der Waals surface area contributed by atoms with Crippen LogP contribution in [0.4, 0.5) is 0 Å². The summed E-state index contributed by atoms with van der Waals surface area (Å²) in [6.07, 6.45) is 40.5. The zero-order valence-electron chi connectivity index (χ0n) is 57.3. The summed E-state index contributed by atoms with van der Waals surface area (Å²) in [5, 5.41) is 10.6. The molecule has 0 spiro atoms. The van der Waals surface area contributed by atoms with Crippen molar-refractivity contribution in [3.05, 3.63) is 0 Å². The average molecular weight is 1300 g/mol. The van der Waals surface area contributed by atoms with Crippen LogP contribution in [0.15, 0.2) is 0 Å². The first-order chi connectivity index (χ1) is 42.1. The Labute approximate surface area is 537 Å². The van der Waals surface area contributed by atoms with E-state index < -0.39 is 97.5 Å². The number of aliphatic hydroxyl groups is 1. The molecule has 3 N–H and O–H groups in total. The van der Waals surface area contributed by atoms with Gasteiger partial charge in [-0.05, 0) is 49.4 Å². The Morgan fingerprint density at radius 2 is 0.545 bits per heavy atom. The Balaban J connectivity index is 5.25. The molecule has 0 aliphatic rings. The maximum atomic E-state index is 13.0. The predicted molar refractivity (Wildman–Crippen MR) is 354 cm³/mol. The Morgan fingerprint density at radius 1 is 0.318 bits per heavy atom. The molecule has 0 aromatic carbocycles. The van der Waals surface area contributed by atoms with Crippen LogP contribution in [0.1, 0.15) is 338 Å². The molecule has 88 heavy (non-hydrogen) atoms. The number of aliphatic hydroxyl groups excluding tert-OH is 1. The van der Waals surface area contributed by atoms with Crippen LogP contribution in [0.25, 0.3) is 0 Å². The molecule has 0 heterocycles. The highest BCUT2D eigenvalue weighted by atomic mass is 31.2. The first-order valence-electron chi connectivity index (χ1n) is 35.7. The summed E-state index contributed by atoms with van der Waals surface area (Å²) in [5.74, 6) is 0.827. The molecule has 0 fully saturated rings. The standard InChI is InChI=1S/C69H134O17P2/c1-9-62(8)48-40-32-23-17-14-15-18-24-33-41-49-66(71)79-55-64(85-68(73)51-43-35-25-19-13-11-10-12-16-21-29-37-45-59(2)3)57-83-87(75,76)81-53-63(70)54-82-88(77,78)84-58-65(56-80-67(72)50-42-34-28-27-31-39-47-61(6)7)86-69(74)52-44-36-26-20-22-30-38-46-60(4)5/h59-65,70H,9-58H2,1-8H3,(H,75,76)(H,77,78)/t62?,63-,64-,65-/m1/s1. The zero-order chi connectivity index (χ0) is 65.4. The number of phosphoric ester groups is 2. The van der Waals surface area contributed by atoms with Gasteiger partial charge >= 0.3 is 39.5 Å². The van der Waals surface area contributed by atoms with Gasteiger partial charge in [-0.15, -0.1) is 0 Å². The summed E-state index contributed by atoms with van der Waals surface area (Å²) >= 11 is 0. The number of unbranched alkanes of at least 4 members (excludes halogenated alkanes) is 31. The van der Waals surface area contributed by atoms with Gasteiger partial charge in [-0.1, -0.05) is 287 Å². The van der Waals surface area contributed by atoms with E-state index in [9.17, 15) is 43.2 Å². The zero-order valence-corrected chi connectivity index (χ0v) is 59.1. The molecular formula is C69H134O17P2. The largest absolute Gasteiger partial charge is 0.472 e. The van der Waals surface area contributed by atoms with E-state index in [4.69, 9.17) is 37.0 Å². The van der Waals surface area contributed by atoms with E-state index in [1.54, 1.807) is 0 Å². The third-order valence-corrected chi connectivity index (χ3v) is 18.1. The van der Waals surface area contributed by atoms with Gasteiger partial charge in [0.25, 0.3) is 0 Å². The molecule has 522 valence electrons. The maximum absolute atomic E-state index is 13.0. The molecule has 0 aromatic rings. The van der Waals surface area contributed by atoms with Crippen molar-refractivity contribution in [1.82, 2.24) is 0 Å². The van der Waals surface area contributed by atoms with E-state index in [0.29, 0.717) is 37.5 Å². The maximum Gasteiger partial charge on any atom is 0.472 e. The molecule has 3 unspecified atom stereocenters. The normalized spacial score (nSPS) is 14.6. The van der Waals surface area contributed by atoms with Crippen LogP contribution in [0, 0.1) is 23.7 Å². The number of hydrogen-bond donors (Lipinski definition) is 3. The second kappa shape index (κ2) is 58.8. The monoisotopic (exact) mass is 1300 g/mol. The summed E-state index contributed by atoms with van der Waals surface area (Å²) in [7, 11) is -9.90. The van der Waals surface area contributed by atoms with Gasteiger partial charge in [0, 0.05) is 25.7 Å². The second-order valence-corrected chi connectivity index (χ2v) is 29.5. The topological polar surface area (TPSA) is 237 Å². The Bertz CT molecular complexity index is 1750. The van der Waals surface area contributed by atoms with Crippen LogP contribution in [-0.4, -0.2) is 96.7 Å². The summed E-state index contributed by atoms with van der Waals surface area (Å²) in [4.78, 5) is 72.4. The molecule has 0 aromatic heterocycles. The van der Waals surface area contributed by atoms with Crippen molar-refractivity contribution < 1.29 is 80.2 Å². The van der Waals surface area contributed by atoms with E-state index in [0.717, 1.165) is 108 Å². The minimum absolute atomic E-state index is 0.102. The first kappa shape index (κ1) is 86.1. The molecule has 19 heteroatoms. The number of hydrogen-bond acceptors (Lipinski definition) is 15. The molecule has 0 amide bonds. The Hall–Kier alpha value is -1.94. The van der Waals surface area contributed by atoms with Gasteiger partial charge < -0.3 is 33.8 Å². The van der Waals surface area contributed by atoms with Crippen molar-refractivity contribution in [2.45, 2.75) is 356 Å². The predicted octanol–water partition coefficient (Wildman–Crippen LogP) is 19.3. The van der Waals surface area contributed by atoms with Gasteiger partial charge in [-0.25, -0.2) is 9.13 Å². The number of rotatable bonds is 66. The van der Waals surface area contributed by atoms with E-state index in [-0.39, 0.29) is 25.7 Å². The highest BCUT2D eigenvalue weighted by Gasteiger charge is 2.30. The van der Waals surface area contributed by atoms with Crippen LogP contribution in [0.5, 0.6) is 0 Å². The fourth-order valence-corrected chi connectivity index (χ4v) is 11.9. The van der Waals surface area contributed by atoms with E-state index >= 15 is 0 Å². The first-order valence-corrected chi connectivity index (χ1v) is 38.7. The smallest absolute Gasteiger partial charge is 0.462 e. The van der Waals surface area contributed by atoms with Crippen LogP contribution < -0.4 is 0 Å². The van der Waals surface area contributed by atoms with Crippen molar-refractivity contribution in [2.75, 3.05) is 39.6 Å². The van der Waals surface area contributed by atoms with Crippen molar-refractivity contribution in [3.8, 4) is 0 Å². The molecular weight excluding hydrogens is 1160 g/mol. The lowest BCUT2D eigenvalue weighted by Gasteiger charge is -2.21. The third-order valence-electron chi connectivity index (χ3n) is 16.2. The van der Waals surface area contributed by atoms with Crippen LogP contribution in [0.2, 0.25) is 0 Å². The average Bonchev–Trinajstić information content (AvgIpc) is 3.38. The van der Waals surface area contributed by atoms with Gasteiger partial charge in [-0.3, -0.25) is 37.3 Å². The van der Waals surface area contributed by atoms with Crippen molar-refractivity contribution in [2.24, 2.45) is 23.7 Å². The quantitative estimate of drug-likeness (QED) is 0.0222. The molecule has 0 bridgehead atoms. The SMILES string of the molecule is CCC(C)CCCCCCCCCCCCC(=O)OC[C@H](COP(=O)(O)OC[C@@H](O)COP(=O)(O)OC[C@@H](COC(=O)CCCCCCCCC(C)C)OC(=O)CCCCCCCCCC(C)C)OC(=O)CCCCCCCCCCCCCCC(C)C. The lowest BCUT2D eigenvalue weighted by atomic mass is 9.99. The molecule has 17 nitrogen and oxygen atoms in total. The second-order valence-electron chi connectivity index (χ2n) is 26.6. The molecule has 6 atom stereocenters. The summed E-state index contributed by atoms with van der Waals surface area (Å²) in [6.45, 7) is 14.0. The molecule has 0 aliphatic carbocycles. The Kier molecular flexibility index (Phi) is 57.6. The summed E-state index contributed by atoms with van der Waals surface area (Å²) < 4.78 is 68.2. The minimum atomic E-state index is -4.95. The molecule has 0 radical (unpaired) electrons. The lowest BCUT2D eigenvalue weighted by Crippen LogP contribution is -2.30. The van der Waals surface area contributed by atoms with Gasteiger partial charge in [0.05, 0.1) is 26.4 Å². The fraction of sp³-hybridized carbons (Fsp3) is 0.942.